The number of carbonyl (C=O) groups is 1. The highest BCUT2D eigenvalue weighted by atomic mass is 35.5. The number of aliphatic hydroxyl groups excluding tert-OH is 6. The number of amides is 1. The molecule has 1 unspecified atom stereocenters. The van der Waals surface area contributed by atoms with Gasteiger partial charge in [0.25, 0.3) is 0 Å². The summed E-state index contributed by atoms with van der Waals surface area (Å²) < 4.78 is 6.28. The first-order valence-corrected chi connectivity index (χ1v) is 19.9. The lowest BCUT2D eigenvalue weighted by Crippen LogP contribution is -2.53. The minimum atomic E-state index is -1.77. The van der Waals surface area contributed by atoms with Crippen molar-refractivity contribution in [3.8, 4) is 16.9 Å². The third-order valence-electron chi connectivity index (χ3n) is 11.5. The van der Waals surface area contributed by atoms with Crippen molar-refractivity contribution in [1.29, 1.82) is 0 Å². The molecule has 0 aliphatic heterocycles. The summed E-state index contributed by atoms with van der Waals surface area (Å²) in [4.78, 5) is 19.7. The zero-order valence-corrected chi connectivity index (χ0v) is 31.8. The second-order valence-corrected chi connectivity index (χ2v) is 16.0. The summed E-state index contributed by atoms with van der Waals surface area (Å²) in [6.45, 7) is 1.69. The summed E-state index contributed by atoms with van der Waals surface area (Å²) in [6, 6.07) is 16.2. The van der Waals surface area contributed by atoms with Crippen molar-refractivity contribution >= 4 is 17.5 Å². The van der Waals surface area contributed by atoms with Gasteiger partial charge < -0.3 is 45.6 Å². The fraction of sp³-hybridized carbons (Fsp3) is 0.571. The lowest BCUT2D eigenvalue weighted by atomic mass is 9.90. The normalized spacial score (nSPS) is 22.1. The van der Waals surface area contributed by atoms with Crippen molar-refractivity contribution in [2.45, 2.75) is 138 Å². The number of ether oxygens (including phenoxy) is 1. The molecule has 3 aromatic rings. The Balaban J connectivity index is 1.07. The van der Waals surface area contributed by atoms with E-state index in [-0.39, 0.29) is 36.4 Å². The SMILES string of the molecule is CC(CCCC(=O)N(C[C@@H](O)[C@H](O)[C@@H](O)[C@@H](O)CO)[C@H]1CC[C@@H](O)CC1)c1ccc(Cl)c(CNC2(c3cnccc3-c3ccccc3OC3CC3)CC2)c1. The molecule has 1 amide bonds. The number of nitrogens with zero attached hydrogens (tertiary/aromatic N) is 2. The molecule has 0 spiro atoms. The topological polar surface area (TPSA) is 176 Å². The van der Waals surface area contributed by atoms with Crippen molar-refractivity contribution < 1.29 is 40.2 Å². The monoisotopic (exact) mass is 765 g/mol. The fourth-order valence-electron chi connectivity index (χ4n) is 7.70. The van der Waals surface area contributed by atoms with Crippen LogP contribution in [0.25, 0.3) is 11.1 Å². The van der Waals surface area contributed by atoms with Crippen LogP contribution in [0.15, 0.2) is 60.9 Å². The number of carbonyl (C=O) groups excluding carboxylic acids is 1. The predicted octanol–water partition coefficient (Wildman–Crippen LogP) is 4.56. The Hall–Kier alpha value is -3.13. The van der Waals surface area contributed by atoms with Crippen molar-refractivity contribution in [3.05, 3.63) is 82.6 Å². The zero-order valence-electron chi connectivity index (χ0n) is 31.1. The summed E-state index contributed by atoms with van der Waals surface area (Å²) >= 11 is 6.76. The minimum absolute atomic E-state index is 0.136. The van der Waals surface area contributed by atoms with Crippen LogP contribution >= 0.6 is 11.6 Å². The van der Waals surface area contributed by atoms with Crippen LogP contribution in [-0.4, -0.2) is 102 Å². The Kier molecular flexibility index (Phi) is 13.7. The maximum atomic E-state index is 13.6. The Labute approximate surface area is 323 Å². The van der Waals surface area contributed by atoms with Crippen LogP contribution in [0.5, 0.6) is 5.75 Å². The maximum absolute atomic E-state index is 13.6. The van der Waals surface area contributed by atoms with Crippen LogP contribution in [0.3, 0.4) is 0 Å². The van der Waals surface area contributed by atoms with E-state index in [4.69, 9.17) is 21.4 Å². The molecule has 2 aromatic carbocycles. The van der Waals surface area contributed by atoms with E-state index in [0.717, 1.165) is 65.7 Å². The second kappa shape index (κ2) is 18.2. The number of aliphatic hydroxyl groups is 6. The van der Waals surface area contributed by atoms with Gasteiger partial charge in [0.1, 0.15) is 30.2 Å². The lowest BCUT2D eigenvalue weighted by molar-refractivity contribution is -0.144. The summed E-state index contributed by atoms with van der Waals surface area (Å²) in [5, 5.41) is 64.8. The highest BCUT2D eigenvalue weighted by molar-refractivity contribution is 6.31. The quantitative estimate of drug-likeness (QED) is 0.0917. The number of pyridine rings is 1. The number of halogens is 1. The van der Waals surface area contributed by atoms with Gasteiger partial charge in [0.2, 0.25) is 5.91 Å². The number of para-hydroxylation sites is 1. The van der Waals surface area contributed by atoms with Gasteiger partial charge in [0, 0.05) is 54.1 Å². The van der Waals surface area contributed by atoms with Gasteiger partial charge in [-0.2, -0.15) is 0 Å². The Morgan fingerprint density at radius 3 is 2.41 bits per heavy atom. The summed E-state index contributed by atoms with van der Waals surface area (Å²) in [6.07, 6.45) is 4.84. The molecule has 1 aromatic heterocycles. The summed E-state index contributed by atoms with van der Waals surface area (Å²) in [7, 11) is 0. The number of hydrogen-bond acceptors (Lipinski definition) is 10. The fourth-order valence-corrected chi connectivity index (χ4v) is 7.89. The van der Waals surface area contributed by atoms with Crippen LogP contribution in [0.4, 0.5) is 0 Å². The predicted molar refractivity (Wildman–Crippen MR) is 206 cm³/mol. The van der Waals surface area contributed by atoms with E-state index in [2.05, 4.69) is 35.4 Å². The number of benzene rings is 2. The number of rotatable bonds is 19. The lowest BCUT2D eigenvalue weighted by Gasteiger charge is -2.38. The maximum Gasteiger partial charge on any atom is 0.222 e. The van der Waals surface area contributed by atoms with Gasteiger partial charge in [-0.25, -0.2) is 0 Å². The number of hydrogen-bond donors (Lipinski definition) is 7. The Morgan fingerprint density at radius 2 is 1.70 bits per heavy atom. The second-order valence-electron chi connectivity index (χ2n) is 15.6. The molecule has 7 N–H and O–H groups in total. The van der Waals surface area contributed by atoms with E-state index < -0.39 is 37.1 Å². The third kappa shape index (κ3) is 9.99. The highest BCUT2D eigenvalue weighted by Crippen LogP contribution is 2.50. The molecule has 0 bridgehead atoms. The van der Waals surface area contributed by atoms with Crippen molar-refractivity contribution in [3.63, 3.8) is 0 Å². The van der Waals surface area contributed by atoms with Gasteiger partial charge in [0.05, 0.1) is 18.8 Å². The van der Waals surface area contributed by atoms with E-state index in [1.165, 1.54) is 0 Å². The third-order valence-corrected chi connectivity index (χ3v) is 11.9. The van der Waals surface area contributed by atoms with E-state index >= 15 is 0 Å². The van der Waals surface area contributed by atoms with E-state index in [9.17, 15) is 30.3 Å². The standard InChI is InChI=1S/C42H56ClN3O8/c1-26(5-4-8-39(51)46(29-10-12-30(48)13-11-29)24-36(49)40(52)41(53)37(50)25-47)27-9-16-35(43)28(21-27)22-45-42(18-19-42)34-23-44-20-17-32(34)33-6-2-3-7-38(33)54-31-14-15-31/h2-3,6-7,9,16-17,20-21,23,26,29-31,36-37,40-41,45,47-50,52-53H,4-5,8,10-15,18-19,22,24-25H2,1H3/t26?,29-,30+,36-,37+,40+,41+/m1/s1. The largest absolute Gasteiger partial charge is 0.490 e. The van der Waals surface area contributed by atoms with Crippen LogP contribution in [-0.2, 0) is 16.9 Å². The van der Waals surface area contributed by atoms with Crippen LogP contribution in [0, 0.1) is 0 Å². The van der Waals surface area contributed by atoms with Crippen LogP contribution in [0.2, 0.25) is 5.02 Å². The average molecular weight is 766 g/mol. The van der Waals surface area contributed by atoms with E-state index in [0.29, 0.717) is 49.8 Å². The first kappa shape index (κ1) is 40.5. The molecule has 1 heterocycles. The first-order chi connectivity index (χ1) is 26.0. The highest BCUT2D eigenvalue weighted by Gasteiger charge is 2.46. The van der Waals surface area contributed by atoms with Crippen molar-refractivity contribution in [2.24, 2.45) is 0 Å². The minimum Gasteiger partial charge on any atom is -0.490 e. The molecule has 3 aliphatic carbocycles. The Bertz CT molecular complexity index is 1700. The van der Waals surface area contributed by atoms with Gasteiger partial charge in [-0.05, 0) is 111 Å². The van der Waals surface area contributed by atoms with E-state index in [1.807, 2.05) is 42.7 Å². The molecule has 6 rings (SSSR count). The number of aromatic nitrogens is 1. The van der Waals surface area contributed by atoms with Crippen molar-refractivity contribution in [2.75, 3.05) is 13.2 Å². The molecule has 294 valence electrons. The van der Waals surface area contributed by atoms with Crippen molar-refractivity contribution in [1.82, 2.24) is 15.2 Å². The average Bonchev–Trinajstić information content (AvgIpc) is 4.14. The number of nitrogens with one attached hydrogen (secondary N) is 1. The van der Waals surface area contributed by atoms with E-state index in [1.54, 1.807) is 4.90 Å². The van der Waals surface area contributed by atoms with Gasteiger partial charge in [0.15, 0.2) is 0 Å². The molecule has 3 aliphatic rings. The summed E-state index contributed by atoms with van der Waals surface area (Å²) in [5.41, 5.74) is 5.25. The molecule has 3 fully saturated rings. The van der Waals surface area contributed by atoms with Gasteiger partial charge >= 0.3 is 0 Å². The molecule has 12 heteroatoms. The summed E-state index contributed by atoms with van der Waals surface area (Å²) in [5.74, 6) is 0.860. The Morgan fingerprint density at radius 1 is 0.981 bits per heavy atom. The van der Waals surface area contributed by atoms with Gasteiger partial charge in [-0.15, -0.1) is 0 Å². The zero-order chi connectivity index (χ0) is 38.4. The smallest absolute Gasteiger partial charge is 0.222 e. The van der Waals surface area contributed by atoms with Gasteiger partial charge in [-0.1, -0.05) is 48.9 Å². The molecule has 0 radical (unpaired) electrons. The molecular weight excluding hydrogens is 710 g/mol. The molecule has 54 heavy (non-hydrogen) atoms. The molecule has 0 saturated heterocycles. The molecule has 5 atom stereocenters. The first-order valence-electron chi connectivity index (χ1n) is 19.5. The molecule has 3 saturated carbocycles. The van der Waals surface area contributed by atoms with Crippen LogP contribution < -0.4 is 10.1 Å². The van der Waals surface area contributed by atoms with Gasteiger partial charge in [-0.3, -0.25) is 9.78 Å². The molecular formula is C42H56ClN3O8. The molecule has 11 nitrogen and oxygen atoms in total. The van der Waals surface area contributed by atoms with Crippen LogP contribution in [0.1, 0.15) is 100 Å².